The Labute approximate surface area is 92.9 Å². The highest BCUT2D eigenvalue weighted by Crippen LogP contribution is 2.32. The lowest BCUT2D eigenvalue weighted by Crippen LogP contribution is -2.05. The SMILES string of the molecule is CCCCCc1cc(C(F)(F)F)ccc1O. The van der Waals surface area contributed by atoms with E-state index in [4.69, 9.17) is 0 Å². The van der Waals surface area contributed by atoms with Gasteiger partial charge in [0.25, 0.3) is 0 Å². The highest BCUT2D eigenvalue weighted by Gasteiger charge is 2.30. The molecule has 0 heterocycles. The molecule has 0 saturated heterocycles. The molecule has 1 aromatic rings. The lowest BCUT2D eigenvalue weighted by molar-refractivity contribution is -0.137. The van der Waals surface area contributed by atoms with Crippen LogP contribution in [0.15, 0.2) is 18.2 Å². The van der Waals surface area contributed by atoms with Crippen LogP contribution in [0.5, 0.6) is 5.75 Å². The molecule has 0 amide bonds. The average Bonchev–Trinajstić information content (AvgIpc) is 2.19. The minimum atomic E-state index is -4.34. The fourth-order valence-corrected chi connectivity index (χ4v) is 1.53. The highest BCUT2D eigenvalue weighted by atomic mass is 19.4. The number of phenols is 1. The maximum atomic E-state index is 12.4. The quantitative estimate of drug-likeness (QED) is 0.773. The molecule has 16 heavy (non-hydrogen) atoms. The van der Waals surface area contributed by atoms with Crippen molar-refractivity contribution in [3.05, 3.63) is 29.3 Å². The molecule has 1 N–H and O–H groups in total. The van der Waals surface area contributed by atoms with Gasteiger partial charge in [-0.2, -0.15) is 13.2 Å². The molecule has 1 aromatic carbocycles. The number of halogens is 3. The van der Waals surface area contributed by atoms with E-state index in [2.05, 4.69) is 0 Å². The van der Waals surface area contributed by atoms with E-state index in [-0.39, 0.29) is 5.75 Å². The van der Waals surface area contributed by atoms with Gasteiger partial charge in [-0.15, -0.1) is 0 Å². The summed E-state index contributed by atoms with van der Waals surface area (Å²) in [6.07, 6.45) is -1.10. The van der Waals surface area contributed by atoms with Gasteiger partial charge in [0.05, 0.1) is 5.56 Å². The van der Waals surface area contributed by atoms with Crippen LogP contribution >= 0.6 is 0 Å². The number of rotatable bonds is 4. The summed E-state index contributed by atoms with van der Waals surface area (Å²) in [6, 6.07) is 3.05. The summed E-state index contributed by atoms with van der Waals surface area (Å²) in [6.45, 7) is 2.02. The third-order valence-corrected chi connectivity index (χ3v) is 2.46. The zero-order valence-electron chi connectivity index (χ0n) is 9.14. The molecule has 0 atom stereocenters. The van der Waals surface area contributed by atoms with Crippen LogP contribution in [0.2, 0.25) is 0 Å². The van der Waals surface area contributed by atoms with E-state index in [0.29, 0.717) is 12.0 Å². The Kier molecular flexibility index (Phi) is 4.21. The van der Waals surface area contributed by atoms with Crippen molar-refractivity contribution in [2.24, 2.45) is 0 Å². The number of aryl methyl sites for hydroxylation is 1. The Morgan fingerprint density at radius 2 is 1.88 bits per heavy atom. The van der Waals surface area contributed by atoms with Gasteiger partial charge in [0.2, 0.25) is 0 Å². The summed E-state index contributed by atoms with van der Waals surface area (Å²) in [7, 11) is 0. The number of alkyl halides is 3. The first-order chi connectivity index (χ1) is 7.45. The molecular weight excluding hydrogens is 217 g/mol. The molecule has 0 aliphatic carbocycles. The van der Waals surface area contributed by atoms with Gasteiger partial charge in [-0.05, 0) is 36.6 Å². The van der Waals surface area contributed by atoms with Crippen molar-refractivity contribution in [1.82, 2.24) is 0 Å². The van der Waals surface area contributed by atoms with Crippen LogP contribution in [0, 0.1) is 0 Å². The van der Waals surface area contributed by atoms with Crippen LogP contribution in [0.4, 0.5) is 13.2 Å². The predicted molar refractivity (Wildman–Crippen MR) is 56.3 cm³/mol. The summed E-state index contributed by atoms with van der Waals surface area (Å²) in [5.41, 5.74) is -0.319. The van der Waals surface area contributed by atoms with Crippen molar-refractivity contribution >= 4 is 0 Å². The van der Waals surface area contributed by atoms with Gasteiger partial charge < -0.3 is 5.11 Å². The second-order valence-corrected chi connectivity index (χ2v) is 3.80. The molecule has 90 valence electrons. The lowest BCUT2D eigenvalue weighted by Gasteiger charge is -2.10. The van der Waals surface area contributed by atoms with Crippen LogP contribution in [0.25, 0.3) is 0 Å². The van der Waals surface area contributed by atoms with Crippen LogP contribution in [0.1, 0.15) is 37.3 Å². The van der Waals surface area contributed by atoms with Crippen molar-refractivity contribution in [3.63, 3.8) is 0 Å². The van der Waals surface area contributed by atoms with Crippen molar-refractivity contribution < 1.29 is 18.3 Å². The van der Waals surface area contributed by atoms with Crippen molar-refractivity contribution in [2.75, 3.05) is 0 Å². The van der Waals surface area contributed by atoms with Crippen LogP contribution < -0.4 is 0 Å². The number of benzene rings is 1. The summed E-state index contributed by atoms with van der Waals surface area (Å²) >= 11 is 0. The summed E-state index contributed by atoms with van der Waals surface area (Å²) in [5, 5.41) is 9.43. The standard InChI is InChI=1S/C12H15F3O/c1-2-3-4-5-9-8-10(12(13,14)15)6-7-11(9)16/h6-8,16H,2-5H2,1H3. The Hall–Kier alpha value is -1.19. The summed E-state index contributed by atoms with van der Waals surface area (Å²) in [4.78, 5) is 0. The van der Waals surface area contributed by atoms with Gasteiger partial charge in [-0.3, -0.25) is 0 Å². The summed E-state index contributed by atoms with van der Waals surface area (Å²) < 4.78 is 37.2. The van der Waals surface area contributed by atoms with Crippen molar-refractivity contribution in [2.45, 2.75) is 38.8 Å². The Balaban J connectivity index is 2.83. The first kappa shape index (κ1) is 12.9. The third-order valence-electron chi connectivity index (χ3n) is 2.46. The topological polar surface area (TPSA) is 20.2 Å². The molecule has 4 heteroatoms. The van der Waals surface area contributed by atoms with Crippen LogP contribution in [-0.2, 0) is 12.6 Å². The van der Waals surface area contributed by atoms with Gasteiger partial charge in [0.15, 0.2) is 0 Å². The first-order valence-corrected chi connectivity index (χ1v) is 5.34. The minimum Gasteiger partial charge on any atom is -0.508 e. The van der Waals surface area contributed by atoms with Gasteiger partial charge >= 0.3 is 6.18 Å². The molecule has 0 aromatic heterocycles. The average molecular weight is 232 g/mol. The molecule has 1 nitrogen and oxygen atoms in total. The van der Waals surface area contributed by atoms with Gasteiger partial charge in [0.1, 0.15) is 5.75 Å². The third kappa shape index (κ3) is 3.43. The Bertz CT molecular complexity index is 345. The maximum Gasteiger partial charge on any atom is 0.416 e. The molecule has 0 bridgehead atoms. The molecular formula is C12H15F3O. The lowest BCUT2D eigenvalue weighted by atomic mass is 10.0. The Morgan fingerprint density at radius 1 is 1.19 bits per heavy atom. The van der Waals surface area contributed by atoms with Gasteiger partial charge in [-0.25, -0.2) is 0 Å². The number of hydrogen-bond acceptors (Lipinski definition) is 1. The molecule has 0 fully saturated rings. The van der Waals surface area contributed by atoms with E-state index in [1.807, 2.05) is 6.92 Å². The molecule has 0 spiro atoms. The molecule has 0 aliphatic rings. The smallest absolute Gasteiger partial charge is 0.416 e. The fraction of sp³-hybridized carbons (Fsp3) is 0.500. The first-order valence-electron chi connectivity index (χ1n) is 5.34. The Morgan fingerprint density at radius 3 is 2.44 bits per heavy atom. The second kappa shape index (κ2) is 5.23. The molecule has 0 aliphatic heterocycles. The minimum absolute atomic E-state index is 0.0518. The largest absolute Gasteiger partial charge is 0.508 e. The van der Waals surface area contributed by atoms with Crippen molar-refractivity contribution in [3.8, 4) is 5.75 Å². The molecule has 0 radical (unpaired) electrons. The van der Waals surface area contributed by atoms with E-state index in [0.717, 1.165) is 37.5 Å². The molecule has 0 saturated carbocycles. The van der Waals surface area contributed by atoms with E-state index >= 15 is 0 Å². The molecule has 0 unspecified atom stereocenters. The zero-order chi connectivity index (χ0) is 12.2. The summed E-state index contributed by atoms with van der Waals surface area (Å²) in [5.74, 6) is -0.0518. The van der Waals surface area contributed by atoms with Crippen LogP contribution in [0.3, 0.4) is 0 Å². The number of aromatic hydroxyl groups is 1. The maximum absolute atomic E-state index is 12.4. The van der Waals surface area contributed by atoms with Gasteiger partial charge in [-0.1, -0.05) is 19.8 Å². The number of unbranched alkanes of at least 4 members (excludes halogenated alkanes) is 2. The van der Waals surface area contributed by atoms with Gasteiger partial charge in [0, 0.05) is 0 Å². The van der Waals surface area contributed by atoms with E-state index in [1.54, 1.807) is 0 Å². The highest BCUT2D eigenvalue weighted by molar-refractivity contribution is 5.37. The van der Waals surface area contributed by atoms with Crippen molar-refractivity contribution in [1.29, 1.82) is 0 Å². The zero-order valence-corrected chi connectivity index (χ0v) is 9.14. The number of phenolic OH excluding ortho intramolecular Hbond substituents is 1. The monoisotopic (exact) mass is 232 g/mol. The van der Waals surface area contributed by atoms with E-state index < -0.39 is 11.7 Å². The predicted octanol–water partition coefficient (Wildman–Crippen LogP) is 4.14. The van der Waals surface area contributed by atoms with E-state index in [1.165, 1.54) is 0 Å². The molecule has 1 rings (SSSR count). The number of hydrogen-bond donors (Lipinski definition) is 1. The fourth-order valence-electron chi connectivity index (χ4n) is 1.53. The van der Waals surface area contributed by atoms with Crippen LogP contribution in [-0.4, -0.2) is 5.11 Å². The van der Waals surface area contributed by atoms with E-state index in [9.17, 15) is 18.3 Å². The normalized spacial score (nSPS) is 11.8. The second-order valence-electron chi connectivity index (χ2n) is 3.80.